The molecule has 0 bridgehead atoms. The van der Waals surface area contributed by atoms with Crippen molar-refractivity contribution in [3.63, 3.8) is 0 Å². The molecule has 174 valence electrons. The third kappa shape index (κ3) is 9.69. The molecule has 0 aliphatic carbocycles. The van der Waals surface area contributed by atoms with Crippen LogP contribution in [0, 0.1) is 0 Å². The average molecular weight is 487 g/mol. The molecule has 0 saturated carbocycles. The number of nitrogen functional groups attached to an aromatic ring is 1. The number of hydrogen-bond acceptors (Lipinski definition) is 10. The van der Waals surface area contributed by atoms with E-state index in [1.165, 1.54) is 10.6 Å². The number of fused-ring (bicyclic) bond motifs is 1. The smallest absolute Gasteiger partial charge is 0.376 e. The second-order valence-electron chi connectivity index (χ2n) is 5.20. The summed E-state index contributed by atoms with van der Waals surface area (Å²) in [4.78, 5) is 34.5. The van der Waals surface area contributed by atoms with E-state index in [0.29, 0.717) is 28.1 Å². The van der Waals surface area contributed by atoms with Crippen LogP contribution >= 0.6 is 23.2 Å². The number of aromatic nitrogens is 4. The van der Waals surface area contributed by atoms with Gasteiger partial charge in [0.05, 0.1) is 23.3 Å². The standard InChI is InChI=1S/C9H8ClN3O2.C5H6ClN3.C4H6O3.CH4/c1-2-15-9(14)8-12-11-7-4-3-6(10)5-13(7)8;6-4-1-2-5(9-7)8-3-4;1-2-7-4(6)3-5;/h3-5H,2H2,1H3;1-3H,7H2,(H,8,9);3H,2H2,1H3;1H4. The lowest BCUT2D eigenvalue weighted by Crippen LogP contribution is -2.09. The van der Waals surface area contributed by atoms with Crippen molar-refractivity contribution >= 4 is 52.9 Å². The van der Waals surface area contributed by atoms with E-state index >= 15 is 0 Å². The number of anilines is 1. The molecule has 11 nitrogen and oxygen atoms in total. The highest BCUT2D eigenvalue weighted by atomic mass is 35.5. The molecule has 13 heteroatoms. The quantitative estimate of drug-likeness (QED) is 0.181. The zero-order chi connectivity index (χ0) is 23.2. The largest absolute Gasteiger partial charge is 0.460 e. The summed E-state index contributed by atoms with van der Waals surface area (Å²) in [6, 6.07) is 6.77. The molecule has 0 radical (unpaired) electrons. The molecular weight excluding hydrogens is 463 g/mol. The maximum atomic E-state index is 11.4. The SMILES string of the molecule is C.CCOC(=O)C=O.CCOC(=O)c1nnc2ccc(Cl)cn12.NNc1ccc(Cl)cn1. The Morgan fingerprint density at radius 3 is 2.25 bits per heavy atom. The summed E-state index contributed by atoms with van der Waals surface area (Å²) in [5, 5.41) is 8.66. The molecule has 0 aliphatic rings. The van der Waals surface area contributed by atoms with Gasteiger partial charge < -0.3 is 14.9 Å². The molecule has 32 heavy (non-hydrogen) atoms. The Kier molecular flexibility index (Phi) is 13.9. The molecule has 0 aromatic carbocycles. The Hall–Kier alpha value is -3.28. The van der Waals surface area contributed by atoms with Gasteiger partial charge in [-0.1, -0.05) is 30.6 Å². The van der Waals surface area contributed by atoms with Crippen molar-refractivity contribution in [2.45, 2.75) is 21.3 Å². The molecular formula is C19H24Cl2N6O5. The van der Waals surface area contributed by atoms with Gasteiger partial charge in [-0.15, -0.1) is 10.2 Å². The van der Waals surface area contributed by atoms with Gasteiger partial charge >= 0.3 is 11.9 Å². The van der Waals surface area contributed by atoms with Crippen LogP contribution in [0.25, 0.3) is 5.65 Å². The number of pyridine rings is 2. The van der Waals surface area contributed by atoms with Crippen molar-refractivity contribution in [3.8, 4) is 0 Å². The van der Waals surface area contributed by atoms with E-state index in [-0.39, 0.29) is 26.1 Å². The van der Waals surface area contributed by atoms with Gasteiger partial charge in [0.15, 0.2) is 5.65 Å². The number of halogens is 2. The minimum atomic E-state index is -0.803. The van der Waals surface area contributed by atoms with Gasteiger partial charge in [0.25, 0.3) is 0 Å². The molecule has 3 rings (SSSR count). The first-order valence-electron chi connectivity index (χ1n) is 8.73. The summed E-state index contributed by atoms with van der Waals surface area (Å²) < 4.78 is 10.5. The molecule has 0 atom stereocenters. The summed E-state index contributed by atoms with van der Waals surface area (Å²) in [5.74, 6) is 4.48. The molecule has 0 saturated heterocycles. The number of esters is 2. The zero-order valence-electron chi connectivity index (χ0n) is 16.6. The van der Waals surface area contributed by atoms with Gasteiger partial charge in [-0.05, 0) is 38.1 Å². The highest BCUT2D eigenvalue weighted by Gasteiger charge is 2.15. The Morgan fingerprint density at radius 2 is 1.75 bits per heavy atom. The van der Waals surface area contributed by atoms with Crippen LogP contribution in [-0.2, 0) is 19.1 Å². The number of hydrogen-bond donors (Lipinski definition) is 2. The van der Waals surface area contributed by atoms with Crippen molar-refractivity contribution in [1.82, 2.24) is 19.6 Å². The molecule has 3 aromatic rings. The summed E-state index contributed by atoms with van der Waals surface area (Å²) in [6.07, 6.45) is 3.24. The number of ether oxygens (including phenoxy) is 2. The maximum absolute atomic E-state index is 11.4. The van der Waals surface area contributed by atoms with E-state index in [9.17, 15) is 14.4 Å². The van der Waals surface area contributed by atoms with E-state index in [0.717, 1.165) is 0 Å². The first-order chi connectivity index (χ1) is 14.9. The number of nitrogens with zero attached hydrogens (tertiary/aromatic N) is 4. The average Bonchev–Trinajstić information content (AvgIpc) is 3.18. The highest BCUT2D eigenvalue weighted by molar-refractivity contribution is 6.30. The lowest BCUT2D eigenvalue weighted by molar-refractivity contribution is -0.148. The van der Waals surface area contributed by atoms with Crippen molar-refractivity contribution < 1.29 is 23.9 Å². The van der Waals surface area contributed by atoms with Gasteiger partial charge in [0.1, 0.15) is 5.82 Å². The Bertz CT molecular complexity index is 998. The van der Waals surface area contributed by atoms with Crippen molar-refractivity contribution in [2.75, 3.05) is 18.6 Å². The van der Waals surface area contributed by atoms with Gasteiger partial charge in [0, 0.05) is 12.4 Å². The lowest BCUT2D eigenvalue weighted by atomic mass is 10.4. The molecule has 0 spiro atoms. The van der Waals surface area contributed by atoms with E-state index in [1.807, 2.05) is 0 Å². The van der Waals surface area contributed by atoms with E-state index in [1.54, 1.807) is 44.3 Å². The number of nitrogens with one attached hydrogen (secondary N) is 1. The number of carbonyl (C=O) groups is 3. The molecule has 0 fully saturated rings. The van der Waals surface area contributed by atoms with Crippen LogP contribution in [0.5, 0.6) is 0 Å². The second kappa shape index (κ2) is 15.5. The number of aldehydes is 1. The number of rotatable bonds is 5. The van der Waals surface area contributed by atoms with Crippen molar-refractivity contribution in [2.24, 2.45) is 5.84 Å². The minimum absolute atomic E-state index is 0. The fraction of sp³-hybridized carbons (Fsp3) is 0.263. The van der Waals surface area contributed by atoms with Crippen LogP contribution in [0.2, 0.25) is 10.0 Å². The molecule has 3 aromatic heterocycles. The van der Waals surface area contributed by atoms with Gasteiger partial charge in [-0.25, -0.2) is 20.4 Å². The normalized spacial score (nSPS) is 9.16. The Labute approximate surface area is 194 Å². The van der Waals surface area contributed by atoms with Crippen LogP contribution in [0.1, 0.15) is 31.9 Å². The summed E-state index contributed by atoms with van der Waals surface area (Å²) in [5.41, 5.74) is 2.94. The fourth-order valence-electron chi connectivity index (χ4n) is 1.84. The highest BCUT2D eigenvalue weighted by Crippen LogP contribution is 2.11. The minimum Gasteiger partial charge on any atom is -0.460 e. The molecule has 3 N–H and O–H groups in total. The number of nitrogens with two attached hydrogens (primary N) is 1. The van der Waals surface area contributed by atoms with Crippen LogP contribution in [0.3, 0.4) is 0 Å². The topological polar surface area (TPSA) is 151 Å². The van der Waals surface area contributed by atoms with E-state index < -0.39 is 11.9 Å². The molecule has 0 amide bonds. The fourth-order valence-corrected chi connectivity index (χ4v) is 2.11. The number of carbonyl (C=O) groups excluding carboxylic acids is 3. The first kappa shape index (κ1) is 28.7. The summed E-state index contributed by atoms with van der Waals surface area (Å²) in [7, 11) is 0. The van der Waals surface area contributed by atoms with Gasteiger partial charge in [0.2, 0.25) is 12.1 Å². The lowest BCUT2D eigenvalue weighted by Gasteiger charge is -1.99. The monoisotopic (exact) mass is 486 g/mol. The maximum Gasteiger partial charge on any atom is 0.376 e. The predicted octanol–water partition coefficient (Wildman–Crippen LogP) is 2.96. The molecule has 3 heterocycles. The van der Waals surface area contributed by atoms with Crippen LogP contribution in [0.15, 0.2) is 36.7 Å². The molecule has 0 unspecified atom stereocenters. The van der Waals surface area contributed by atoms with Gasteiger partial charge in [-0.2, -0.15) is 0 Å². The van der Waals surface area contributed by atoms with Crippen molar-refractivity contribution in [3.05, 3.63) is 52.5 Å². The van der Waals surface area contributed by atoms with Crippen molar-refractivity contribution in [1.29, 1.82) is 0 Å². The Balaban J connectivity index is 0.000000487. The molecule has 0 aliphatic heterocycles. The van der Waals surface area contributed by atoms with E-state index in [2.05, 4.69) is 25.3 Å². The van der Waals surface area contributed by atoms with Crippen LogP contribution in [-0.4, -0.2) is 51.0 Å². The zero-order valence-corrected chi connectivity index (χ0v) is 18.1. The third-order valence-corrected chi connectivity index (χ3v) is 3.53. The summed E-state index contributed by atoms with van der Waals surface area (Å²) in [6.45, 7) is 3.93. The second-order valence-corrected chi connectivity index (χ2v) is 6.07. The summed E-state index contributed by atoms with van der Waals surface area (Å²) >= 11 is 11.3. The van der Waals surface area contributed by atoms with E-state index in [4.69, 9.17) is 33.8 Å². The van der Waals surface area contributed by atoms with Crippen LogP contribution < -0.4 is 11.3 Å². The number of hydrazine groups is 1. The van der Waals surface area contributed by atoms with Crippen LogP contribution in [0.4, 0.5) is 5.82 Å². The predicted molar refractivity (Wildman–Crippen MR) is 120 cm³/mol. The van der Waals surface area contributed by atoms with Gasteiger partial charge in [-0.3, -0.25) is 9.20 Å². The Morgan fingerprint density at radius 1 is 1.09 bits per heavy atom. The third-order valence-electron chi connectivity index (χ3n) is 3.08. The first-order valence-corrected chi connectivity index (χ1v) is 9.49.